The van der Waals surface area contributed by atoms with Gasteiger partial charge in [0, 0.05) is 52.4 Å². The number of carbonyl (C=O) groups is 1. The van der Waals surface area contributed by atoms with Gasteiger partial charge in [-0.25, -0.2) is 4.39 Å². The second-order valence-corrected chi connectivity index (χ2v) is 7.58. The van der Waals surface area contributed by atoms with Crippen LogP contribution in [0, 0.1) is 5.82 Å². The molecule has 0 spiro atoms. The zero-order valence-electron chi connectivity index (χ0n) is 16.3. The summed E-state index contributed by atoms with van der Waals surface area (Å²) in [6.45, 7) is 7.14. The monoisotopic (exact) mass is 386 g/mol. The number of benzene rings is 1. The van der Waals surface area contributed by atoms with Crippen molar-refractivity contribution in [3.05, 3.63) is 53.7 Å². The standard InChI is InChI=1S/C21H27FN4O2/c1-23-8-12-26(13-9-23)21(27)20-7-6-17(28-20)16-24-10-14-25(15-11-24)19-5-3-2-4-18(19)22/h2-7H,8-16H2,1H3. The summed E-state index contributed by atoms with van der Waals surface area (Å²) in [4.78, 5) is 21.0. The molecular formula is C21H27FN4O2. The number of hydrogen-bond donors (Lipinski definition) is 0. The summed E-state index contributed by atoms with van der Waals surface area (Å²) in [5.41, 5.74) is 0.667. The number of likely N-dealkylation sites (N-methyl/N-ethyl adjacent to an activating group) is 1. The van der Waals surface area contributed by atoms with Crippen molar-refractivity contribution in [2.75, 3.05) is 64.3 Å². The second kappa shape index (κ2) is 8.32. The molecule has 150 valence electrons. The van der Waals surface area contributed by atoms with E-state index in [1.54, 1.807) is 12.1 Å². The van der Waals surface area contributed by atoms with Gasteiger partial charge in [0.25, 0.3) is 5.91 Å². The predicted octanol–water partition coefficient (Wildman–Crippen LogP) is 2.13. The van der Waals surface area contributed by atoms with Crippen LogP contribution in [0.5, 0.6) is 0 Å². The third-order valence-electron chi connectivity index (χ3n) is 5.61. The molecule has 7 heteroatoms. The zero-order chi connectivity index (χ0) is 19.5. The van der Waals surface area contributed by atoms with Crippen LogP contribution in [0.3, 0.4) is 0 Å². The fourth-order valence-electron chi connectivity index (χ4n) is 3.82. The van der Waals surface area contributed by atoms with Crippen molar-refractivity contribution < 1.29 is 13.6 Å². The molecule has 2 aliphatic heterocycles. The van der Waals surface area contributed by atoms with E-state index < -0.39 is 0 Å². The van der Waals surface area contributed by atoms with Gasteiger partial charge in [-0.3, -0.25) is 9.69 Å². The summed E-state index contributed by atoms with van der Waals surface area (Å²) >= 11 is 0. The van der Waals surface area contributed by atoms with Gasteiger partial charge in [-0.2, -0.15) is 0 Å². The second-order valence-electron chi connectivity index (χ2n) is 7.58. The minimum Gasteiger partial charge on any atom is -0.455 e. The van der Waals surface area contributed by atoms with Crippen LogP contribution >= 0.6 is 0 Å². The van der Waals surface area contributed by atoms with E-state index in [2.05, 4.69) is 21.7 Å². The topological polar surface area (TPSA) is 43.2 Å². The minimum absolute atomic E-state index is 0.0243. The third-order valence-corrected chi connectivity index (χ3v) is 5.61. The smallest absolute Gasteiger partial charge is 0.289 e. The molecule has 2 aliphatic rings. The third kappa shape index (κ3) is 4.20. The maximum absolute atomic E-state index is 14.0. The van der Waals surface area contributed by atoms with E-state index >= 15 is 0 Å². The van der Waals surface area contributed by atoms with Crippen LogP contribution in [0.4, 0.5) is 10.1 Å². The Morgan fingerprint density at radius 2 is 1.68 bits per heavy atom. The van der Waals surface area contributed by atoms with Crippen LogP contribution < -0.4 is 4.90 Å². The van der Waals surface area contributed by atoms with E-state index in [1.165, 1.54) is 6.07 Å². The lowest BCUT2D eigenvalue weighted by Crippen LogP contribution is -2.47. The Labute approximate surface area is 165 Å². The van der Waals surface area contributed by atoms with Crippen LogP contribution in [0.15, 0.2) is 40.8 Å². The van der Waals surface area contributed by atoms with Crippen LogP contribution in [-0.4, -0.2) is 80.0 Å². The first-order valence-electron chi connectivity index (χ1n) is 9.88. The van der Waals surface area contributed by atoms with E-state index in [4.69, 9.17) is 4.42 Å². The van der Waals surface area contributed by atoms with E-state index in [0.717, 1.165) is 58.1 Å². The molecule has 28 heavy (non-hydrogen) atoms. The molecule has 1 aromatic heterocycles. The summed E-state index contributed by atoms with van der Waals surface area (Å²) in [5, 5.41) is 0. The SMILES string of the molecule is CN1CCN(C(=O)c2ccc(CN3CCN(c4ccccc4F)CC3)o2)CC1. The average Bonchev–Trinajstić information content (AvgIpc) is 3.18. The molecule has 0 bridgehead atoms. The largest absolute Gasteiger partial charge is 0.455 e. The number of amides is 1. The van der Waals surface area contributed by atoms with Gasteiger partial charge in [0.15, 0.2) is 5.76 Å². The maximum atomic E-state index is 14.0. The fourth-order valence-corrected chi connectivity index (χ4v) is 3.82. The molecule has 1 aromatic carbocycles. The molecule has 1 amide bonds. The van der Waals surface area contributed by atoms with Crippen molar-refractivity contribution in [1.29, 1.82) is 0 Å². The molecule has 0 unspecified atom stereocenters. The molecule has 2 saturated heterocycles. The Kier molecular flexibility index (Phi) is 5.64. The van der Waals surface area contributed by atoms with E-state index in [-0.39, 0.29) is 11.7 Å². The maximum Gasteiger partial charge on any atom is 0.289 e. The van der Waals surface area contributed by atoms with Crippen molar-refractivity contribution in [3.63, 3.8) is 0 Å². The first-order valence-corrected chi connectivity index (χ1v) is 9.88. The quantitative estimate of drug-likeness (QED) is 0.805. The van der Waals surface area contributed by atoms with Crippen LogP contribution in [-0.2, 0) is 6.54 Å². The lowest BCUT2D eigenvalue weighted by atomic mass is 10.2. The number of nitrogens with zero attached hydrogens (tertiary/aromatic N) is 4. The number of rotatable bonds is 4. The zero-order valence-corrected chi connectivity index (χ0v) is 16.3. The highest BCUT2D eigenvalue weighted by Crippen LogP contribution is 2.21. The van der Waals surface area contributed by atoms with Gasteiger partial charge in [0.2, 0.25) is 0 Å². The molecule has 6 nitrogen and oxygen atoms in total. The first-order chi connectivity index (χ1) is 13.6. The van der Waals surface area contributed by atoms with Gasteiger partial charge in [0.1, 0.15) is 11.6 Å². The highest BCUT2D eigenvalue weighted by molar-refractivity contribution is 5.91. The Bertz CT molecular complexity index is 808. The summed E-state index contributed by atoms with van der Waals surface area (Å²) in [7, 11) is 2.07. The molecule has 4 rings (SSSR count). The molecule has 0 N–H and O–H groups in total. The van der Waals surface area contributed by atoms with Crippen molar-refractivity contribution >= 4 is 11.6 Å². The van der Waals surface area contributed by atoms with Gasteiger partial charge in [-0.15, -0.1) is 0 Å². The van der Waals surface area contributed by atoms with Crippen molar-refractivity contribution in [3.8, 4) is 0 Å². The van der Waals surface area contributed by atoms with Gasteiger partial charge in [-0.05, 0) is 31.3 Å². The number of para-hydroxylation sites is 1. The molecule has 0 radical (unpaired) electrons. The Morgan fingerprint density at radius 1 is 0.964 bits per heavy atom. The van der Waals surface area contributed by atoms with Crippen molar-refractivity contribution in [1.82, 2.24) is 14.7 Å². The van der Waals surface area contributed by atoms with Crippen LogP contribution in [0.1, 0.15) is 16.3 Å². The number of hydrogen-bond acceptors (Lipinski definition) is 5. The molecule has 2 aromatic rings. The average molecular weight is 386 g/mol. The van der Waals surface area contributed by atoms with Gasteiger partial charge < -0.3 is 19.1 Å². The lowest BCUT2D eigenvalue weighted by molar-refractivity contribution is 0.0628. The molecule has 0 saturated carbocycles. The normalized spacial score (nSPS) is 19.2. The summed E-state index contributed by atoms with van der Waals surface area (Å²) in [5.74, 6) is 1.03. The molecule has 0 atom stereocenters. The molecular weight excluding hydrogens is 359 g/mol. The minimum atomic E-state index is -0.172. The lowest BCUT2D eigenvalue weighted by Gasteiger charge is -2.35. The summed E-state index contributed by atoms with van der Waals surface area (Å²) in [6.07, 6.45) is 0. The Balaban J connectivity index is 1.30. The van der Waals surface area contributed by atoms with Crippen LogP contribution in [0.2, 0.25) is 0 Å². The fraction of sp³-hybridized carbons (Fsp3) is 0.476. The first kappa shape index (κ1) is 19.0. The number of halogens is 1. The van der Waals surface area contributed by atoms with Gasteiger partial charge in [0.05, 0.1) is 12.2 Å². The summed E-state index contributed by atoms with van der Waals surface area (Å²) in [6, 6.07) is 10.6. The van der Waals surface area contributed by atoms with E-state index in [9.17, 15) is 9.18 Å². The molecule has 2 fully saturated rings. The number of anilines is 1. The van der Waals surface area contributed by atoms with Gasteiger partial charge >= 0.3 is 0 Å². The van der Waals surface area contributed by atoms with E-state index in [1.807, 2.05) is 23.1 Å². The molecule has 0 aliphatic carbocycles. The number of piperazine rings is 2. The van der Waals surface area contributed by atoms with Crippen LogP contribution in [0.25, 0.3) is 0 Å². The van der Waals surface area contributed by atoms with E-state index in [0.29, 0.717) is 18.0 Å². The summed E-state index contributed by atoms with van der Waals surface area (Å²) < 4.78 is 19.8. The highest BCUT2D eigenvalue weighted by Gasteiger charge is 2.24. The highest BCUT2D eigenvalue weighted by atomic mass is 19.1. The van der Waals surface area contributed by atoms with Crippen molar-refractivity contribution in [2.24, 2.45) is 0 Å². The predicted molar refractivity (Wildman–Crippen MR) is 106 cm³/mol. The molecule has 3 heterocycles. The Morgan fingerprint density at radius 3 is 2.39 bits per heavy atom. The van der Waals surface area contributed by atoms with Crippen molar-refractivity contribution in [2.45, 2.75) is 6.54 Å². The number of carbonyl (C=O) groups excluding carboxylic acids is 1. The van der Waals surface area contributed by atoms with Gasteiger partial charge in [-0.1, -0.05) is 12.1 Å². The number of furan rings is 1. The Hall–Kier alpha value is -2.38.